The highest BCUT2D eigenvalue weighted by atomic mass is 35.5. The second-order valence-corrected chi connectivity index (χ2v) is 6.93. The maximum absolute atomic E-state index is 12.5. The Balaban J connectivity index is 1.91. The van der Waals surface area contributed by atoms with E-state index in [1.54, 1.807) is 73.8 Å². The summed E-state index contributed by atoms with van der Waals surface area (Å²) in [6.45, 7) is 0. The van der Waals surface area contributed by atoms with Crippen LogP contribution in [-0.2, 0) is 0 Å². The summed E-state index contributed by atoms with van der Waals surface area (Å²) in [4.78, 5) is 12.5. The summed E-state index contributed by atoms with van der Waals surface area (Å²) in [6.07, 6.45) is 1.70. The van der Waals surface area contributed by atoms with Crippen LogP contribution in [0.1, 0.15) is 21.5 Å². The molecule has 0 amide bonds. The van der Waals surface area contributed by atoms with Gasteiger partial charge in [0.25, 0.3) is 0 Å². The van der Waals surface area contributed by atoms with Gasteiger partial charge in [-0.2, -0.15) is 5.26 Å². The van der Waals surface area contributed by atoms with E-state index in [9.17, 15) is 10.1 Å². The third kappa shape index (κ3) is 5.02. The number of nitriles is 1. The van der Waals surface area contributed by atoms with E-state index < -0.39 is 5.97 Å². The van der Waals surface area contributed by atoms with Crippen LogP contribution in [0.3, 0.4) is 0 Å². The minimum absolute atomic E-state index is 0.235. The van der Waals surface area contributed by atoms with Crippen LogP contribution in [0.15, 0.2) is 60.7 Å². The Bertz CT molecular complexity index is 1210. The van der Waals surface area contributed by atoms with Gasteiger partial charge in [0.15, 0.2) is 23.0 Å². The highest BCUT2D eigenvalue weighted by Crippen LogP contribution is 2.33. The van der Waals surface area contributed by atoms with Crippen LogP contribution in [0.5, 0.6) is 23.0 Å². The van der Waals surface area contributed by atoms with Crippen molar-refractivity contribution in [2.24, 2.45) is 0 Å². The molecule has 0 saturated carbocycles. The number of nitrogens with zero attached hydrogens (tertiary/aromatic N) is 1. The van der Waals surface area contributed by atoms with Crippen molar-refractivity contribution < 1.29 is 23.7 Å². The summed E-state index contributed by atoms with van der Waals surface area (Å²) >= 11 is 6.07. The Kier molecular flexibility index (Phi) is 7.37. The van der Waals surface area contributed by atoms with Crippen LogP contribution in [0, 0.1) is 11.3 Å². The molecule has 162 valence electrons. The van der Waals surface area contributed by atoms with Gasteiger partial charge < -0.3 is 18.9 Å². The molecule has 0 aromatic heterocycles. The first-order valence-electron chi connectivity index (χ1n) is 9.49. The second kappa shape index (κ2) is 10.4. The van der Waals surface area contributed by atoms with Crippen LogP contribution < -0.4 is 18.9 Å². The van der Waals surface area contributed by atoms with Gasteiger partial charge in [-0.1, -0.05) is 29.8 Å². The minimum atomic E-state index is -0.597. The number of hydrogen-bond donors (Lipinski definition) is 0. The summed E-state index contributed by atoms with van der Waals surface area (Å²) < 4.78 is 21.4. The Labute approximate surface area is 191 Å². The summed E-state index contributed by atoms with van der Waals surface area (Å²) in [7, 11) is 4.55. The molecule has 0 spiro atoms. The predicted octanol–water partition coefficient (Wildman–Crippen LogP) is 5.65. The van der Waals surface area contributed by atoms with Crippen molar-refractivity contribution in [3.8, 4) is 29.1 Å². The molecule has 3 aromatic carbocycles. The minimum Gasteiger partial charge on any atom is -0.493 e. The average molecular weight is 450 g/mol. The molecule has 0 fully saturated rings. The Hall–Kier alpha value is -3.95. The van der Waals surface area contributed by atoms with E-state index >= 15 is 0 Å². The fourth-order valence-electron chi connectivity index (χ4n) is 2.99. The summed E-state index contributed by atoms with van der Waals surface area (Å²) in [5.74, 6) is 1.06. The smallest absolute Gasteiger partial charge is 0.345 e. The highest BCUT2D eigenvalue weighted by Gasteiger charge is 2.16. The number of halogens is 1. The molecule has 7 heteroatoms. The lowest BCUT2D eigenvalue weighted by molar-refractivity contribution is 0.0730. The van der Waals surface area contributed by atoms with Crippen LogP contribution in [0.4, 0.5) is 0 Å². The number of rotatable bonds is 7. The van der Waals surface area contributed by atoms with Gasteiger partial charge in [0.2, 0.25) is 0 Å². The van der Waals surface area contributed by atoms with Crippen molar-refractivity contribution in [3.63, 3.8) is 0 Å². The fraction of sp³-hybridized carbons (Fsp3) is 0.120. The molecule has 0 aliphatic carbocycles. The van der Waals surface area contributed by atoms with Crippen LogP contribution in [-0.4, -0.2) is 27.3 Å². The molecule has 32 heavy (non-hydrogen) atoms. The van der Waals surface area contributed by atoms with Crippen molar-refractivity contribution in [3.05, 3.63) is 82.4 Å². The molecule has 0 aliphatic rings. The standard InChI is InChI=1S/C25H20ClNO5/c1-29-21-11-9-17(14-24(21)31-3)18(15-27)12-16-8-10-22(23(13-16)30-2)32-25(28)19-6-4-5-7-20(19)26/h4-14H,1-3H3/b18-12-. The van der Waals surface area contributed by atoms with E-state index in [0.717, 1.165) is 0 Å². The molecule has 0 unspecified atom stereocenters. The van der Waals surface area contributed by atoms with E-state index in [-0.39, 0.29) is 11.3 Å². The Morgan fingerprint density at radius 1 is 0.875 bits per heavy atom. The van der Waals surface area contributed by atoms with Crippen molar-refractivity contribution in [2.45, 2.75) is 0 Å². The second-order valence-electron chi connectivity index (χ2n) is 6.52. The van der Waals surface area contributed by atoms with Gasteiger partial charge in [-0.3, -0.25) is 0 Å². The molecule has 6 nitrogen and oxygen atoms in total. The number of carbonyl (C=O) groups excluding carboxylic acids is 1. The van der Waals surface area contributed by atoms with Gasteiger partial charge in [0, 0.05) is 0 Å². The van der Waals surface area contributed by atoms with Gasteiger partial charge in [0.05, 0.1) is 43.6 Å². The third-order valence-electron chi connectivity index (χ3n) is 4.61. The summed E-state index contributed by atoms with van der Waals surface area (Å²) in [5, 5.41) is 9.98. The Morgan fingerprint density at radius 3 is 2.19 bits per heavy atom. The van der Waals surface area contributed by atoms with Crippen molar-refractivity contribution in [1.29, 1.82) is 5.26 Å². The van der Waals surface area contributed by atoms with Gasteiger partial charge in [-0.05, 0) is 59.7 Å². The van der Waals surface area contributed by atoms with Gasteiger partial charge in [0.1, 0.15) is 0 Å². The van der Waals surface area contributed by atoms with E-state index in [1.165, 1.54) is 14.2 Å². The van der Waals surface area contributed by atoms with Gasteiger partial charge in [-0.15, -0.1) is 0 Å². The number of esters is 1. The predicted molar refractivity (Wildman–Crippen MR) is 122 cm³/mol. The molecule has 0 bridgehead atoms. The van der Waals surface area contributed by atoms with Crippen molar-refractivity contribution in [2.75, 3.05) is 21.3 Å². The zero-order valence-electron chi connectivity index (χ0n) is 17.7. The lowest BCUT2D eigenvalue weighted by Crippen LogP contribution is -2.09. The first-order chi connectivity index (χ1) is 15.5. The number of ether oxygens (including phenoxy) is 4. The van der Waals surface area contributed by atoms with Gasteiger partial charge in [-0.25, -0.2) is 4.79 Å². The van der Waals surface area contributed by atoms with E-state index in [0.29, 0.717) is 39.0 Å². The number of benzene rings is 3. The quantitative estimate of drug-likeness (QED) is 0.201. The van der Waals surface area contributed by atoms with E-state index in [1.807, 2.05) is 0 Å². The summed E-state index contributed by atoms with van der Waals surface area (Å²) in [6, 6.07) is 19.0. The fourth-order valence-corrected chi connectivity index (χ4v) is 3.20. The molecule has 0 aliphatic heterocycles. The number of allylic oxidation sites excluding steroid dienone is 1. The first kappa shape index (κ1) is 22.7. The molecule has 0 heterocycles. The number of methoxy groups -OCH3 is 3. The zero-order chi connectivity index (χ0) is 23.1. The largest absolute Gasteiger partial charge is 0.493 e. The van der Waals surface area contributed by atoms with Crippen LogP contribution >= 0.6 is 11.6 Å². The molecule has 0 saturated heterocycles. The molecular weight excluding hydrogens is 430 g/mol. The molecule has 3 aromatic rings. The average Bonchev–Trinajstić information content (AvgIpc) is 2.82. The molecule has 0 radical (unpaired) electrons. The molecule has 3 rings (SSSR count). The topological polar surface area (TPSA) is 77.8 Å². The maximum Gasteiger partial charge on any atom is 0.345 e. The SMILES string of the molecule is COc1ccc(/C(C#N)=C\c2ccc(OC(=O)c3ccccc3Cl)c(OC)c2)cc1OC. The lowest BCUT2D eigenvalue weighted by atomic mass is 10.0. The lowest BCUT2D eigenvalue weighted by Gasteiger charge is -2.11. The molecular formula is C25H20ClNO5. The maximum atomic E-state index is 12.5. The van der Waals surface area contributed by atoms with E-state index in [4.69, 9.17) is 30.5 Å². The number of carbonyl (C=O) groups is 1. The van der Waals surface area contributed by atoms with Crippen LogP contribution in [0.25, 0.3) is 11.6 Å². The van der Waals surface area contributed by atoms with Crippen LogP contribution in [0.2, 0.25) is 5.02 Å². The third-order valence-corrected chi connectivity index (χ3v) is 4.94. The number of hydrogen-bond acceptors (Lipinski definition) is 6. The normalized spacial score (nSPS) is 10.8. The zero-order valence-corrected chi connectivity index (χ0v) is 18.5. The highest BCUT2D eigenvalue weighted by molar-refractivity contribution is 6.33. The Morgan fingerprint density at radius 2 is 1.53 bits per heavy atom. The van der Waals surface area contributed by atoms with Crippen molar-refractivity contribution in [1.82, 2.24) is 0 Å². The van der Waals surface area contributed by atoms with Crippen molar-refractivity contribution >= 4 is 29.2 Å². The van der Waals surface area contributed by atoms with E-state index in [2.05, 4.69) is 6.07 Å². The van der Waals surface area contributed by atoms with Gasteiger partial charge >= 0.3 is 5.97 Å². The summed E-state index contributed by atoms with van der Waals surface area (Å²) in [5.41, 5.74) is 2.01. The molecule has 0 N–H and O–H groups in total. The molecule has 0 atom stereocenters. The first-order valence-corrected chi connectivity index (χ1v) is 9.87. The monoisotopic (exact) mass is 449 g/mol.